The number of halogens is 1. The largest absolute Gasteiger partial charge is 0.389 e. The lowest BCUT2D eigenvalue weighted by atomic mass is 10.1. The fourth-order valence-electron chi connectivity index (χ4n) is 4.58. The molecule has 11 heteroatoms. The maximum absolute atomic E-state index is 14.4. The lowest BCUT2D eigenvalue weighted by Gasteiger charge is -2.18. The second kappa shape index (κ2) is 9.05. The van der Waals surface area contributed by atoms with Gasteiger partial charge in [0.2, 0.25) is 5.91 Å². The Bertz CT molecular complexity index is 1500. The predicted octanol–water partition coefficient (Wildman–Crippen LogP) is 2.48. The molecule has 1 saturated heterocycles. The minimum atomic E-state index is -1.15. The number of nitrogens with one attached hydrogen (secondary N) is 1. The summed E-state index contributed by atoms with van der Waals surface area (Å²) in [6.07, 6.45) is 1.58. The average molecular weight is 489 g/mol. The predicted molar refractivity (Wildman–Crippen MR) is 130 cm³/mol. The molecule has 0 aromatic carbocycles. The van der Waals surface area contributed by atoms with Gasteiger partial charge in [0.15, 0.2) is 11.5 Å². The van der Waals surface area contributed by atoms with Crippen LogP contribution in [-0.4, -0.2) is 60.7 Å². The molecule has 3 atom stereocenters. The molecular formula is C25H25FN8O2. The van der Waals surface area contributed by atoms with E-state index in [4.69, 9.17) is 4.98 Å². The number of pyridine rings is 2. The van der Waals surface area contributed by atoms with Gasteiger partial charge in [-0.05, 0) is 38.1 Å². The Balaban J connectivity index is 1.51. The summed E-state index contributed by atoms with van der Waals surface area (Å²) in [4.78, 5) is 18.0. The van der Waals surface area contributed by atoms with E-state index in [0.717, 1.165) is 22.5 Å². The van der Waals surface area contributed by atoms with E-state index in [1.54, 1.807) is 34.5 Å². The minimum absolute atomic E-state index is 0.185. The first-order valence-corrected chi connectivity index (χ1v) is 11.5. The van der Waals surface area contributed by atoms with Crippen LogP contribution in [0, 0.1) is 18.3 Å². The maximum atomic E-state index is 14.4. The monoisotopic (exact) mass is 488 g/mol. The SMILES string of the molecule is CC(=O)N[C@H]1CN(c2ccc3c(-c4ccc(C(C)O)c(-n5nc(C#N)cc5C)n4)cnn3c2)C[C@@H]1F. The molecule has 0 aliphatic carbocycles. The zero-order valence-corrected chi connectivity index (χ0v) is 20.1. The van der Waals surface area contributed by atoms with Crippen molar-refractivity contribution in [2.24, 2.45) is 0 Å². The van der Waals surface area contributed by atoms with Gasteiger partial charge in [-0.15, -0.1) is 0 Å². The van der Waals surface area contributed by atoms with Gasteiger partial charge in [0.25, 0.3) is 0 Å². The van der Waals surface area contributed by atoms with Crippen LogP contribution in [0.1, 0.15) is 36.9 Å². The summed E-state index contributed by atoms with van der Waals surface area (Å²) in [5.41, 5.74) is 4.55. The number of anilines is 1. The van der Waals surface area contributed by atoms with Crippen molar-refractivity contribution in [2.75, 3.05) is 18.0 Å². The highest BCUT2D eigenvalue weighted by molar-refractivity contribution is 5.79. The number of fused-ring (bicyclic) bond motifs is 1. The van der Waals surface area contributed by atoms with E-state index >= 15 is 0 Å². The van der Waals surface area contributed by atoms with Gasteiger partial charge in [0.1, 0.15) is 12.2 Å². The number of aromatic nitrogens is 5. The second-order valence-electron chi connectivity index (χ2n) is 8.98. The highest BCUT2D eigenvalue weighted by atomic mass is 19.1. The van der Waals surface area contributed by atoms with Gasteiger partial charge in [0.05, 0.1) is 48.0 Å². The molecule has 5 rings (SSSR count). The van der Waals surface area contributed by atoms with Crippen LogP contribution in [0.15, 0.2) is 42.7 Å². The summed E-state index contributed by atoms with van der Waals surface area (Å²) >= 11 is 0. The Morgan fingerprint density at radius 2 is 2.11 bits per heavy atom. The van der Waals surface area contributed by atoms with Crippen LogP contribution < -0.4 is 10.2 Å². The molecule has 1 aliphatic heterocycles. The second-order valence-corrected chi connectivity index (χ2v) is 8.98. The van der Waals surface area contributed by atoms with Gasteiger partial charge < -0.3 is 15.3 Å². The van der Waals surface area contributed by atoms with E-state index in [-0.39, 0.29) is 18.1 Å². The van der Waals surface area contributed by atoms with Gasteiger partial charge in [0, 0.05) is 30.3 Å². The van der Waals surface area contributed by atoms with Crippen LogP contribution in [0.4, 0.5) is 10.1 Å². The zero-order chi connectivity index (χ0) is 25.6. The molecule has 5 heterocycles. The molecule has 0 saturated carbocycles. The van der Waals surface area contributed by atoms with E-state index in [1.807, 2.05) is 42.3 Å². The number of amides is 1. The number of hydrogen-bond acceptors (Lipinski definition) is 7. The molecule has 0 radical (unpaired) electrons. The third kappa shape index (κ3) is 4.16. The van der Waals surface area contributed by atoms with Crippen LogP contribution in [0.25, 0.3) is 22.6 Å². The smallest absolute Gasteiger partial charge is 0.217 e. The van der Waals surface area contributed by atoms with Crippen LogP contribution >= 0.6 is 0 Å². The molecule has 1 unspecified atom stereocenters. The van der Waals surface area contributed by atoms with Gasteiger partial charge in [-0.3, -0.25) is 4.79 Å². The Morgan fingerprint density at radius 3 is 2.81 bits per heavy atom. The number of carbonyl (C=O) groups excluding carboxylic acids is 1. The Kier molecular flexibility index (Phi) is 5.89. The zero-order valence-electron chi connectivity index (χ0n) is 20.1. The van der Waals surface area contributed by atoms with Crippen molar-refractivity contribution in [3.63, 3.8) is 0 Å². The normalized spacial score (nSPS) is 18.4. The highest BCUT2D eigenvalue weighted by Gasteiger charge is 2.33. The first-order chi connectivity index (χ1) is 17.2. The molecular weight excluding hydrogens is 463 g/mol. The summed E-state index contributed by atoms with van der Waals surface area (Å²) in [6.45, 7) is 5.42. The van der Waals surface area contributed by atoms with Gasteiger partial charge >= 0.3 is 0 Å². The van der Waals surface area contributed by atoms with E-state index in [1.165, 1.54) is 6.92 Å². The molecule has 4 aromatic heterocycles. The average Bonchev–Trinajstić information content (AvgIpc) is 3.54. The molecule has 4 aromatic rings. The summed E-state index contributed by atoms with van der Waals surface area (Å²) in [5, 5.41) is 31.0. The number of hydrogen-bond donors (Lipinski definition) is 2. The summed E-state index contributed by atoms with van der Waals surface area (Å²) in [5.74, 6) is 0.187. The molecule has 184 valence electrons. The number of aryl methyl sites for hydroxylation is 1. The molecule has 10 nitrogen and oxygen atoms in total. The van der Waals surface area contributed by atoms with E-state index in [2.05, 4.69) is 15.5 Å². The van der Waals surface area contributed by atoms with E-state index < -0.39 is 18.3 Å². The van der Waals surface area contributed by atoms with Crippen molar-refractivity contribution in [1.29, 1.82) is 5.26 Å². The van der Waals surface area contributed by atoms with Gasteiger partial charge in [-0.2, -0.15) is 15.5 Å². The molecule has 1 amide bonds. The number of nitrogens with zero attached hydrogens (tertiary/aromatic N) is 7. The molecule has 0 bridgehead atoms. The number of nitriles is 1. The van der Waals surface area contributed by atoms with Gasteiger partial charge in [-0.25, -0.2) is 18.6 Å². The number of aliphatic hydroxyl groups excluding tert-OH is 1. The fourth-order valence-corrected chi connectivity index (χ4v) is 4.58. The third-order valence-corrected chi connectivity index (χ3v) is 6.34. The first-order valence-electron chi connectivity index (χ1n) is 11.5. The minimum Gasteiger partial charge on any atom is -0.389 e. The summed E-state index contributed by atoms with van der Waals surface area (Å²) < 4.78 is 17.7. The van der Waals surface area contributed by atoms with Crippen molar-refractivity contribution >= 4 is 17.1 Å². The summed E-state index contributed by atoms with van der Waals surface area (Å²) in [7, 11) is 0. The Morgan fingerprint density at radius 1 is 1.31 bits per heavy atom. The Labute approximate surface area is 206 Å². The summed E-state index contributed by atoms with van der Waals surface area (Å²) in [6, 6.07) is 10.5. The lowest BCUT2D eigenvalue weighted by molar-refractivity contribution is -0.119. The van der Waals surface area contributed by atoms with Crippen LogP contribution in [0.2, 0.25) is 0 Å². The van der Waals surface area contributed by atoms with Crippen molar-refractivity contribution in [3.05, 3.63) is 59.7 Å². The van der Waals surface area contributed by atoms with E-state index in [9.17, 15) is 19.6 Å². The van der Waals surface area contributed by atoms with Gasteiger partial charge in [-0.1, -0.05) is 6.07 Å². The molecule has 1 aliphatic rings. The van der Waals surface area contributed by atoms with Crippen molar-refractivity contribution in [2.45, 2.75) is 39.1 Å². The van der Waals surface area contributed by atoms with E-state index in [0.29, 0.717) is 23.6 Å². The molecule has 1 fully saturated rings. The quantitative estimate of drug-likeness (QED) is 0.442. The highest BCUT2D eigenvalue weighted by Crippen LogP contribution is 2.30. The van der Waals surface area contributed by atoms with Crippen molar-refractivity contribution in [3.8, 4) is 23.1 Å². The number of rotatable bonds is 5. The van der Waals surface area contributed by atoms with Crippen LogP contribution in [0.3, 0.4) is 0 Å². The lowest BCUT2D eigenvalue weighted by Crippen LogP contribution is -2.40. The fraction of sp³-hybridized carbons (Fsp3) is 0.320. The topological polar surface area (TPSA) is 124 Å². The third-order valence-electron chi connectivity index (χ3n) is 6.34. The van der Waals surface area contributed by atoms with Crippen LogP contribution in [0.5, 0.6) is 0 Å². The maximum Gasteiger partial charge on any atom is 0.217 e. The standard InChI is InChI=1S/C25H25FN8O2/c1-14-8-17(9-27)31-34(14)25-19(15(2)35)5-6-22(30-25)20-10-28-33-11-18(4-7-24(20)33)32-12-21(26)23(13-32)29-16(3)36/h4-8,10-11,15,21,23,35H,12-13H2,1-3H3,(H,29,36)/t15?,21-,23-/m0/s1. The van der Waals surface area contributed by atoms with Crippen molar-refractivity contribution < 1.29 is 14.3 Å². The number of aliphatic hydroxyl groups is 1. The molecule has 0 spiro atoms. The Hall–Kier alpha value is -4.30. The number of carbonyl (C=O) groups is 1. The number of alkyl halides is 1. The first kappa shape index (κ1) is 23.4. The van der Waals surface area contributed by atoms with Crippen LogP contribution in [-0.2, 0) is 4.79 Å². The molecule has 2 N–H and O–H groups in total. The molecule has 36 heavy (non-hydrogen) atoms. The van der Waals surface area contributed by atoms with Crippen molar-refractivity contribution in [1.82, 2.24) is 29.7 Å².